The van der Waals surface area contributed by atoms with Crippen molar-refractivity contribution in [2.75, 3.05) is 0 Å². The molecule has 0 aliphatic rings. The van der Waals surface area contributed by atoms with Gasteiger partial charge in [0, 0.05) is 26.9 Å². The van der Waals surface area contributed by atoms with Crippen molar-refractivity contribution in [3.05, 3.63) is 69.5 Å². The third-order valence-electron chi connectivity index (χ3n) is 4.13. The molecule has 2 aromatic carbocycles. The normalized spacial score (nSPS) is 11.2. The van der Waals surface area contributed by atoms with Gasteiger partial charge in [0.15, 0.2) is 5.69 Å². The molecule has 4 aromatic rings. The Kier molecular flexibility index (Phi) is 4.63. The SMILES string of the molecule is Cc1cc(C(=O)O)nn1Cc1cc(Cl)cc2sc(-c3cccc(Cl)c3)nc12. The Balaban J connectivity index is 1.80. The van der Waals surface area contributed by atoms with E-state index in [-0.39, 0.29) is 5.69 Å². The first kappa shape index (κ1) is 18.0. The molecule has 0 saturated carbocycles. The molecule has 0 saturated heterocycles. The second-order valence-corrected chi connectivity index (χ2v) is 7.98. The van der Waals surface area contributed by atoms with Crippen LogP contribution in [-0.2, 0) is 6.54 Å². The van der Waals surface area contributed by atoms with E-state index >= 15 is 0 Å². The number of rotatable bonds is 4. The number of halogens is 2. The molecule has 27 heavy (non-hydrogen) atoms. The minimum atomic E-state index is -1.05. The van der Waals surface area contributed by atoms with Crippen molar-refractivity contribution in [3.63, 3.8) is 0 Å². The van der Waals surface area contributed by atoms with Crippen molar-refractivity contribution in [3.8, 4) is 10.6 Å². The number of carbonyl (C=O) groups is 1. The van der Waals surface area contributed by atoms with Crippen LogP contribution in [0.3, 0.4) is 0 Å². The molecule has 0 fully saturated rings. The highest BCUT2D eigenvalue weighted by molar-refractivity contribution is 7.21. The fourth-order valence-electron chi connectivity index (χ4n) is 2.86. The molecule has 0 amide bonds. The number of benzene rings is 2. The highest BCUT2D eigenvalue weighted by atomic mass is 35.5. The highest BCUT2D eigenvalue weighted by Gasteiger charge is 2.15. The molecule has 8 heteroatoms. The summed E-state index contributed by atoms with van der Waals surface area (Å²) in [5.74, 6) is -1.05. The van der Waals surface area contributed by atoms with E-state index in [1.165, 1.54) is 11.3 Å². The molecule has 4 rings (SSSR count). The number of aromatic carboxylic acids is 1. The van der Waals surface area contributed by atoms with Crippen LogP contribution < -0.4 is 0 Å². The number of fused-ring (bicyclic) bond motifs is 1. The Morgan fingerprint density at radius 2 is 2.00 bits per heavy atom. The minimum absolute atomic E-state index is 0.0173. The molecule has 0 atom stereocenters. The fraction of sp³-hybridized carbons (Fsp3) is 0.105. The minimum Gasteiger partial charge on any atom is -0.476 e. The maximum atomic E-state index is 11.2. The second-order valence-electron chi connectivity index (χ2n) is 6.07. The summed E-state index contributed by atoms with van der Waals surface area (Å²) >= 11 is 13.9. The number of aryl methyl sites for hydroxylation is 1. The molecule has 2 heterocycles. The molecule has 136 valence electrons. The summed E-state index contributed by atoms with van der Waals surface area (Å²) in [6, 6.07) is 12.8. The molecule has 5 nitrogen and oxygen atoms in total. The zero-order valence-corrected chi connectivity index (χ0v) is 16.4. The van der Waals surface area contributed by atoms with Gasteiger partial charge in [-0.15, -0.1) is 11.3 Å². The number of nitrogens with zero attached hydrogens (tertiary/aromatic N) is 3. The van der Waals surface area contributed by atoms with Gasteiger partial charge in [0.25, 0.3) is 0 Å². The number of thiazole rings is 1. The van der Waals surface area contributed by atoms with Crippen molar-refractivity contribution < 1.29 is 9.90 Å². The van der Waals surface area contributed by atoms with Crippen molar-refractivity contribution >= 4 is 50.7 Å². The highest BCUT2D eigenvalue weighted by Crippen LogP contribution is 2.35. The van der Waals surface area contributed by atoms with Gasteiger partial charge in [0.2, 0.25) is 0 Å². The number of hydrogen-bond donors (Lipinski definition) is 1. The predicted molar refractivity (Wildman–Crippen MR) is 108 cm³/mol. The maximum Gasteiger partial charge on any atom is 0.356 e. The van der Waals surface area contributed by atoms with Gasteiger partial charge in [-0.1, -0.05) is 35.3 Å². The van der Waals surface area contributed by atoms with E-state index < -0.39 is 5.97 Å². The largest absolute Gasteiger partial charge is 0.476 e. The summed E-state index contributed by atoms with van der Waals surface area (Å²) in [4.78, 5) is 15.9. The Bertz CT molecular complexity index is 1180. The Morgan fingerprint density at radius 1 is 1.19 bits per heavy atom. The van der Waals surface area contributed by atoms with Gasteiger partial charge >= 0.3 is 5.97 Å². The Labute approximate surface area is 168 Å². The fourth-order valence-corrected chi connectivity index (χ4v) is 4.41. The van der Waals surface area contributed by atoms with Crippen LogP contribution in [0, 0.1) is 6.92 Å². The summed E-state index contributed by atoms with van der Waals surface area (Å²) < 4.78 is 2.60. The van der Waals surface area contributed by atoms with Crippen molar-refractivity contribution in [2.45, 2.75) is 13.5 Å². The second kappa shape index (κ2) is 6.96. The zero-order valence-electron chi connectivity index (χ0n) is 14.1. The van der Waals surface area contributed by atoms with Crippen LogP contribution in [0.25, 0.3) is 20.8 Å². The molecule has 1 N–H and O–H groups in total. The third kappa shape index (κ3) is 3.56. The van der Waals surface area contributed by atoms with E-state index in [4.69, 9.17) is 33.3 Å². The predicted octanol–water partition coefficient (Wildman–Crippen LogP) is 5.52. The first-order valence-electron chi connectivity index (χ1n) is 8.03. The summed E-state index contributed by atoms with van der Waals surface area (Å²) in [6.45, 7) is 2.20. The Morgan fingerprint density at radius 3 is 2.70 bits per heavy atom. The van der Waals surface area contributed by atoms with E-state index in [1.807, 2.05) is 43.3 Å². The molecule has 0 spiro atoms. The number of hydrogen-bond acceptors (Lipinski definition) is 4. The van der Waals surface area contributed by atoms with E-state index in [0.717, 1.165) is 32.0 Å². The molecule has 0 aliphatic heterocycles. The molecular formula is C19H13Cl2N3O2S. The number of carboxylic acids is 1. The van der Waals surface area contributed by atoms with E-state index in [1.54, 1.807) is 10.7 Å². The van der Waals surface area contributed by atoms with E-state index in [0.29, 0.717) is 16.6 Å². The lowest BCUT2D eigenvalue weighted by Gasteiger charge is -2.06. The molecule has 0 unspecified atom stereocenters. The quantitative estimate of drug-likeness (QED) is 0.474. The zero-order chi connectivity index (χ0) is 19.1. The maximum absolute atomic E-state index is 11.2. The lowest BCUT2D eigenvalue weighted by Crippen LogP contribution is -2.06. The van der Waals surface area contributed by atoms with E-state index in [2.05, 4.69) is 5.10 Å². The monoisotopic (exact) mass is 417 g/mol. The summed E-state index contributed by atoms with van der Waals surface area (Å²) in [7, 11) is 0. The van der Waals surface area contributed by atoms with Gasteiger partial charge in [-0.2, -0.15) is 5.10 Å². The first-order valence-corrected chi connectivity index (χ1v) is 9.60. The molecular weight excluding hydrogens is 405 g/mol. The third-order valence-corrected chi connectivity index (χ3v) is 5.64. The lowest BCUT2D eigenvalue weighted by molar-refractivity contribution is 0.0689. The Hall–Kier alpha value is -2.41. The van der Waals surface area contributed by atoms with Crippen LogP contribution in [0.15, 0.2) is 42.5 Å². The average molecular weight is 418 g/mol. The van der Waals surface area contributed by atoms with Gasteiger partial charge in [-0.25, -0.2) is 9.78 Å². The first-order chi connectivity index (χ1) is 12.9. The average Bonchev–Trinajstić information content (AvgIpc) is 3.19. The van der Waals surface area contributed by atoms with Crippen LogP contribution in [0.1, 0.15) is 21.7 Å². The van der Waals surface area contributed by atoms with Crippen LogP contribution >= 0.6 is 34.5 Å². The van der Waals surface area contributed by atoms with Gasteiger partial charge in [0.05, 0.1) is 16.8 Å². The summed E-state index contributed by atoms with van der Waals surface area (Å²) in [5.41, 5.74) is 3.42. The number of aromatic nitrogens is 3. The lowest BCUT2D eigenvalue weighted by atomic mass is 10.2. The van der Waals surface area contributed by atoms with Gasteiger partial charge in [-0.05, 0) is 37.3 Å². The van der Waals surface area contributed by atoms with Crippen LogP contribution in [0.4, 0.5) is 0 Å². The van der Waals surface area contributed by atoms with Crippen molar-refractivity contribution in [2.24, 2.45) is 0 Å². The van der Waals surface area contributed by atoms with Gasteiger partial charge in [-0.3, -0.25) is 4.68 Å². The summed E-state index contributed by atoms with van der Waals surface area (Å²) in [5, 5.41) is 15.4. The number of carboxylic acid groups (broad SMARTS) is 1. The molecule has 0 bridgehead atoms. The van der Waals surface area contributed by atoms with Crippen LogP contribution in [0.2, 0.25) is 10.0 Å². The summed E-state index contributed by atoms with van der Waals surface area (Å²) in [6.07, 6.45) is 0. The van der Waals surface area contributed by atoms with Gasteiger partial charge < -0.3 is 5.11 Å². The van der Waals surface area contributed by atoms with Gasteiger partial charge in [0.1, 0.15) is 5.01 Å². The van der Waals surface area contributed by atoms with Crippen molar-refractivity contribution in [1.29, 1.82) is 0 Å². The van der Waals surface area contributed by atoms with Crippen LogP contribution in [0.5, 0.6) is 0 Å². The molecule has 0 radical (unpaired) electrons. The standard InChI is InChI=1S/C19H13Cl2N3O2S/c1-10-5-15(19(25)26)23-24(10)9-12-7-14(21)8-16-17(12)22-18(27-16)11-3-2-4-13(20)6-11/h2-8H,9H2,1H3,(H,25,26). The smallest absolute Gasteiger partial charge is 0.356 e. The molecule has 0 aliphatic carbocycles. The van der Waals surface area contributed by atoms with Crippen LogP contribution in [-0.4, -0.2) is 25.8 Å². The topological polar surface area (TPSA) is 68.0 Å². The molecule has 2 aromatic heterocycles. The van der Waals surface area contributed by atoms with E-state index in [9.17, 15) is 4.79 Å². The van der Waals surface area contributed by atoms with Crippen molar-refractivity contribution in [1.82, 2.24) is 14.8 Å².